The van der Waals surface area contributed by atoms with Crippen LogP contribution < -0.4 is 15.2 Å². The lowest BCUT2D eigenvalue weighted by molar-refractivity contribution is 0.311. The first-order chi connectivity index (χ1) is 8.98. The Kier molecular flexibility index (Phi) is 6.11. The zero-order chi connectivity index (χ0) is 14.3. The van der Waals surface area contributed by atoms with Crippen LogP contribution in [0.3, 0.4) is 0 Å². The molecule has 0 aliphatic carbocycles. The van der Waals surface area contributed by atoms with Crippen molar-refractivity contribution in [3.8, 4) is 11.5 Å². The second kappa shape index (κ2) is 7.35. The molecule has 0 aliphatic heterocycles. The summed E-state index contributed by atoms with van der Waals surface area (Å²) >= 11 is 0. The molecule has 0 saturated heterocycles. The normalized spacial score (nSPS) is 13.0. The van der Waals surface area contributed by atoms with E-state index in [2.05, 4.69) is 0 Å². The van der Waals surface area contributed by atoms with Gasteiger partial charge in [0, 0.05) is 0 Å². The molecule has 1 unspecified atom stereocenters. The van der Waals surface area contributed by atoms with E-state index in [-0.39, 0.29) is 24.0 Å². The average molecular weight is 287 g/mol. The number of hydrogen-bond acceptors (Lipinski definition) is 5. The molecule has 1 aromatic rings. The predicted molar refractivity (Wildman–Crippen MR) is 75.4 cm³/mol. The van der Waals surface area contributed by atoms with E-state index in [4.69, 9.17) is 15.2 Å². The van der Waals surface area contributed by atoms with Crippen molar-refractivity contribution < 1.29 is 17.9 Å². The van der Waals surface area contributed by atoms with Gasteiger partial charge >= 0.3 is 0 Å². The summed E-state index contributed by atoms with van der Waals surface area (Å²) in [4.78, 5) is 0. The monoisotopic (exact) mass is 287 g/mol. The zero-order valence-electron chi connectivity index (χ0n) is 11.3. The minimum atomic E-state index is -3.13. The van der Waals surface area contributed by atoms with Crippen molar-refractivity contribution in [3.63, 3.8) is 0 Å². The van der Waals surface area contributed by atoms with Gasteiger partial charge < -0.3 is 15.2 Å². The third kappa shape index (κ3) is 5.48. The Morgan fingerprint density at radius 3 is 2.47 bits per heavy atom. The van der Waals surface area contributed by atoms with Gasteiger partial charge in [-0.3, -0.25) is 0 Å². The molecule has 0 aliphatic rings. The summed E-state index contributed by atoms with van der Waals surface area (Å²) in [5.74, 6) is 1.19. The van der Waals surface area contributed by atoms with Crippen LogP contribution in [0, 0.1) is 5.92 Å². The van der Waals surface area contributed by atoms with E-state index in [1.165, 1.54) is 0 Å². The Morgan fingerprint density at radius 1 is 1.26 bits per heavy atom. The number of rotatable bonds is 8. The van der Waals surface area contributed by atoms with Crippen molar-refractivity contribution in [2.75, 3.05) is 31.8 Å². The largest absolute Gasteiger partial charge is 0.493 e. The summed E-state index contributed by atoms with van der Waals surface area (Å²) in [6, 6.07) is 7.14. The van der Waals surface area contributed by atoms with Crippen LogP contribution in [0.25, 0.3) is 0 Å². The topological polar surface area (TPSA) is 78.6 Å². The smallest absolute Gasteiger partial charge is 0.161 e. The van der Waals surface area contributed by atoms with Gasteiger partial charge in [-0.2, -0.15) is 0 Å². The summed E-state index contributed by atoms with van der Waals surface area (Å²) in [7, 11) is -1.58. The second-order valence-electron chi connectivity index (χ2n) is 4.45. The number of hydrogen-bond donors (Lipinski definition) is 1. The fourth-order valence-electron chi connectivity index (χ4n) is 1.60. The molecule has 2 N–H and O–H groups in total. The van der Waals surface area contributed by atoms with Crippen molar-refractivity contribution in [1.82, 2.24) is 0 Å². The standard InChI is InChI=1S/C13H21NO4S/c1-11(9-14)10-19(15,16)8-7-18-13-6-4-3-5-12(13)17-2/h3-6,11H,7-10,14H2,1-2H3. The van der Waals surface area contributed by atoms with E-state index in [1.807, 2.05) is 19.1 Å². The highest BCUT2D eigenvalue weighted by atomic mass is 32.2. The Balaban J connectivity index is 2.50. The maximum atomic E-state index is 11.8. The molecule has 0 bridgehead atoms. The summed E-state index contributed by atoms with van der Waals surface area (Å²) in [6.07, 6.45) is 0. The molecule has 0 saturated carbocycles. The first-order valence-corrected chi connectivity index (χ1v) is 7.97. The maximum Gasteiger partial charge on any atom is 0.161 e. The Hall–Kier alpha value is -1.27. The van der Waals surface area contributed by atoms with Gasteiger partial charge in [-0.1, -0.05) is 19.1 Å². The van der Waals surface area contributed by atoms with Crippen LogP contribution in [0.15, 0.2) is 24.3 Å². The van der Waals surface area contributed by atoms with Crippen LogP contribution in [-0.4, -0.2) is 40.2 Å². The van der Waals surface area contributed by atoms with Gasteiger partial charge in [-0.25, -0.2) is 8.42 Å². The van der Waals surface area contributed by atoms with E-state index in [0.717, 1.165) is 0 Å². The van der Waals surface area contributed by atoms with Gasteiger partial charge in [0.05, 0.1) is 18.6 Å². The van der Waals surface area contributed by atoms with Crippen LogP contribution in [0.1, 0.15) is 6.92 Å². The molecule has 0 amide bonds. The van der Waals surface area contributed by atoms with Gasteiger partial charge in [0.2, 0.25) is 0 Å². The molecule has 6 heteroatoms. The van der Waals surface area contributed by atoms with Crippen molar-refractivity contribution in [2.45, 2.75) is 6.92 Å². The molecule has 0 fully saturated rings. The molecule has 0 heterocycles. The van der Waals surface area contributed by atoms with Crippen LogP contribution in [0.2, 0.25) is 0 Å². The minimum Gasteiger partial charge on any atom is -0.493 e. The van der Waals surface area contributed by atoms with E-state index < -0.39 is 9.84 Å². The van der Waals surface area contributed by atoms with Crippen LogP contribution in [0.5, 0.6) is 11.5 Å². The van der Waals surface area contributed by atoms with Crippen molar-refractivity contribution >= 4 is 9.84 Å². The molecule has 1 rings (SSSR count). The SMILES string of the molecule is COc1ccccc1OCCS(=O)(=O)CC(C)CN. The summed E-state index contributed by atoms with van der Waals surface area (Å²) in [5, 5.41) is 0. The van der Waals surface area contributed by atoms with E-state index in [0.29, 0.717) is 18.0 Å². The molecule has 0 spiro atoms. The number of sulfone groups is 1. The predicted octanol–water partition coefficient (Wildman–Crippen LogP) is 1.08. The lowest BCUT2D eigenvalue weighted by Crippen LogP contribution is -2.25. The highest BCUT2D eigenvalue weighted by Gasteiger charge is 2.15. The molecular weight excluding hydrogens is 266 g/mol. The summed E-state index contributed by atoms with van der Waals surface area (Å²) in [6.45, 7) is 2.30. The third-order valence-corrected chi connectivity index (χ3v) is 4.53. The van der Waals surface area contributed by atoms with Gasteiger partial charge in [0.15, 0.2) is 21.3 Å². The lowest BCUT2D eigenvalue weighted by Gasteiger charge is -2.12. The van der Waals surface area contributed by atoms with Crippen molar-refractivity contribution in [2.24, 2.45) is 11.7 Å². The van der Waals surface area contributed by atoms with Gasteiger partial charge in [0.1, 0.15) is 6.61 Å². The molecule has 108 valence electrons. The van der Waals surface area contributed by atoms with Gasteiger partial charge in [0.25, 0.3) is 0 Å². The first-order valence-electron chi connectivity index (χ1n) is 6.15. The zero-order valence-corrected chi connectivity index (χ0v) is 12.2. The van der Waals surface area contributed by atoms with Crippen LogP contribution in [0.4, 0.5) is 0 Å². The Labute approximate surface area is 114 Å². The summed E-state index contributed by atoms with van der Waals surface area (Å²) in [5.41, 5.74) is 5.42. The van der Waals surface area contributed by atoms with E-state index >= 15 is 0 Å². The fraction of sp³-hybridized carbons (Fsp3) is 0.538. The molecule has 19 heavy (non-hydrogen) atoms. The molecule has 1 aromatic carbocycles. The van der Waals surface area contributed by atoms with E-state index in [9.17, 15) is 8.42 Å². The number of nitrogens with two attached hydrogens (primary N) is 1. The molecule has 5 nitrogen and oxygen atoms in total. The molecule has 0 radical (unpaired) electrons. The highest BCUT2D eigenvalue weighted by Crippen LogP contribution is 2.25. The first kappa shape index (κ1) is 15.8. The van der Waals surface area contributed by atoms with E-state index in [1.54, 1.807) is 19.2 Å². The molecule has 1 atom stereocenters. The summed E-state index contributed by atoms with van der Waals surface area (Å²) < 4.78 is 34.1. The van der Waals surface area contributed by atoms with Crippen molar-refractivity contribution in [3.05, 3.63) is 24.3 Å². The maximum absolute atomic E-state index is 11.8. The Bertz CT molecular complexity index is 487. The number of methoxy groups -OCH3 is 1. The number of benzene rings is 1. The molecular formula is C13H21NO4S. The quantitative estimate of drug-likeness (QED) is 0.774. The third-order valence-electron chi connectivity index (χ3n) is 2.66. The highest BCUT2D eigenvalue weighted by molar-refractivity contribution is 7.91. The molecule has 0 aromatic heterocycles. The minimum absolute atomic E-state index is 0.0185. The van der Waals surface area contributed by atoms with Crippen LogP contribution >= 0.6 is 0 Å². The van der Waals surface area contributed by atoms with Crippen molar-refractivity contribution in [1.29, 1.82) is 0 Å². The Morgan fingerprint density at radius 2 is 1.89 bits per heavy atom. The number of para-hydroxylation sites is 2. The second-order valence-corrected chi connectivity index (χ2v) is 6.68. The lowest BCUT2D eigenvalue weighted by atomic mass is 10.2. The van der Waals surface area contributed by atoms with Gasteiger partial charge in [-0.15, -0.1) is 0 Å². The van der Waals surface area contributed by atoms with Gasteiger partial charge in [-0.05, 0) is 24.6 Å². The number of ether oxygens (including phenoxy) is 2. The average Bonchev–Trinajstić information content (AvgIpc) is 2.38. The fourth-order valence-corrected chi connectivity index (χ4v) is 3.11. The van der Waals surface area contributed by atoms with Crippen LogP contribution in [-0.2, 0) is 9.84 Å².